The Labute approximate surface area is 208 Å². The number of rotatable bonds is 2. The second-order valence-electron chi connectivity index (χ2n) is 6.90. The predicted octanol–water partition coefficient (Wildman–Crippen LogP) is 9.24. The van der Waals surface area contributed by atoms with Crippen molar-refractivity contribution in [2.24, 2.45) is 0 Å². The van der Waals surface area contributed by atoms with Crippen LogP contribution in [-0.4, -0.2) is 0 Å². The molecule has 0 unspecified atom stereocenters. The Morgan fingerprint density at radius 2 is 1.10 bits per heavy atom. The van der Waals surface area contributed by atoms with E-state index in [-0.39, 0.29) is 48.3 Å². The summed E-state index contributed by atoms with van der Waals surface area (Å²) in [6.07, 6.45) is 0. The molecule has 31 heavy (non-hydrogen) atoms. The van der Waals surface area contributed by atoms with Gasteiger partial charge in [-0.3, -0.25) is 0 Å². The summed E-state index contributed by atoms with van der Waals surface area (Å²) in [6.45, 7) is 0. The van der Waals surface area contributed by atoms with Crippen molar-refractivity contribution >= 4 is 48.2 Å². The zero-order valence-electron chi connectivity index (χ0n) is 28.8. The van der Waals surface area contributed by atoms with Crippen LogP contribution in [0.2, 0.25) is 0 Å². The molecule has 0 N–H and O–H groups in total. The lowest BCUT2D eigenvalue weighted by Crippen LogP contribution is -1.92. The van der Waals surface area contributed by atoms with Gasteiger partial charge in [0.25, 0.3) is 0 Å². The van der Waals surface area contributed by atoms with Crippen molar-refractivity contribution in [3.05, 3.63) is 119 Å². The van der Waals surface area contributed by atoms with Crippen molar-refractivity contribution in [3.8, 4) is 22.3 Å². The molecule has 6 rings (SSSR count). The molecule has 0 aliphatic heterocycles. The summed E-state index contributed by atoms with van der Waals surface area (Å²) in [4.78, 5) is 0. The van der Waals surface area contributed by atoms with E-state index >= 15 is 0 Å². The van der Waals surface area contributed by atoms with E-state index in [4.69, 9.17) is 17.8 Å². The van der Waals surface area contributed by atoms with Gasteiger partial charge in [-0.2, -0.15) is 0 Å². The molecule has 146 valence electrons. The van der Waals surface area contributed by atoms with Crippen LogP contribution in [0.15, 0.2) is 119 Å². The molecule has 0 spiro atoms. The second-order valence-corrected chi connectivity index (χ2v) is 7.69. The first-order chi connectivity index (χ1) is 20.7. The fourth-order valence-electron chi connectivity index (χ4n) is 3.97. The molecule has 0 saturated heterocycles. The van der Waals surface area contributed by atoms with E-state index in [1.54, 1.807) is 36.4 Å². The number of halogens is 1. The summed E-state index contributed by atoms with van der Waals surface area (Å²) in [5.41, 5.74) is 0.183. The van der Waals surface area contributed by atoms with Crippen molar-refractivity contribution in [1.29, 1.82) is 0 Å². The molecule has 0 aliphatic rings. The minimum Gasteiger partial charge on any atom is -0.0622 e. The first-order valence-corrected chi connectivity index (χ1v) is 10.2. The maximum absolute atomic E-state index is 8.96. The van der Waals surface area contributed by atoms with Gasteiger partial charge in [0.15, 0.2) is 0 Å². The van der Waals surface area contributed by atoms with Crippen molar-refractivity contribution in [2.75, 3.05) is 0 Å². The first-order valence-electron chi connectivity index (χ1n) is 15.9. The van der Waals surface area contributed by atoms with Crippen molar-refractivity contribution < 1.29 is 17.8 Å². The molecule has 1 heteroatoms. The summed E-state index contributed by atoms with van der Waals surface area (Å²) in [6, 6.07) is 3.48. The van der Waals surface area contributed by atoms with E-state index in [1.165, 1.54) is 0 Å². The summed E-state index contributed by atoms with van der Waals surface area (Å²) in [5, 5.41) is 0.961. The van der Waals surface area contributed by atoms with Crippen LogP contribution in [0.5, 0.6) is 0 Å². The second kappa shape index (κ2) is 7.37. The van der Waals surface area contributed by atoms with Crippen molar-refractivity contribution in [1.82, 2.24) is 0 Å². The monoisotopic (exact) mass is 471 g/mol. The Kier molecular flexibility index (Phi) is 2.23. The molecule has 0 fully saturated rings. The Bertz CT molecular complexity index is 2170. The molecular weight excluding hydrogens is 440 g/mol. The highest BCUT2D eigenvalue weighted by Crippen LogP contribution is 2.46. The summed E-state index contributed by atoms with van der Waals surface area (Å²) in [5.74, 6) is 0. The Morgan fingerprint density at radius 3 is 1.77 bits per heavy atom. The van der Waals surface area contributed by atoms with E-state index < -0.39 is 78.6 Å². The highest BCUT2D eigenvalue weighted by molar-refractivity contribution is 9.10. The third kappa shape index (κ3) is 2.89. The smallest absolute Gasteiger partial charge is 0.0622 e. The summed E-state index contributed by atoms with van der Waals surface area (Å²) < 4.78 is 112. The quantitative estimate of drug-likeness (QED) is 0.220. The van der Waals surface area contributed by atoms with Crippen LogP contribution in [-0.2, 0) is 0 Å². The highest BCUT2D eigenvalue weighted by atomic mass is 79.9. The van der Waals surface area contributed by atoms with Gasteiger partial charge in [0, 0.05) is 4.47 Å². The average Bonchev–Trinajstić information content (AvgIpc) is 3.02. The Morgan fingerprint density at radius 1 is 0.516 bits per heavy atom. The summed E-state index contributed by atoms with van der Waals surface area (Å²) in [7, 11) is 0. The summed E-state index contributed by atoms with van der Waals surface area (Å²) >= 11 is 3.40. The van der Waals surface area contributed by atoms with Gasteiger partial charge >= 0.3 is 0 Å². The van der Waals surface area contributed by atoms with Gasteiger partial charge in [0.2, 0.25) is 0 Å². The van der Waals surface area contributed by atoms with Gasteiger partial charge in [-0.1, -0.05) is 115 Å². The number of hydrogen-bond acceptors (Lipinski definition) is 0. The normalized spacial score (nSPS) is 17.3. The molecule has 0 atom stereocenters. The number of benzene rings is 6. The Balaban J connectivity index is 2.03. The molecule has 0 aromatic heterocycles. The highest BCUT2D eigenvalue weighted by Gasteiger charge is 2.18. The van der Waals surface area contributed by atoms with E-state index in [2.05, 4.69) is 15.9 Å². The van der Waals surface area contributed by atoms with Gasteiger partial charge in [0.1, 0.15) is 0 Å². The molecular formula is C30H19Br. The van der Waals surface area contributed by atoms with Gasteiger partial charge in [0.05, 0.1) is 17.8 Å². The number of fused-ring (bicyclic) bond motifs is 3. The van der Waals surface area contributed by atoms with Crippen LogP contribution >= 0.6 is 15.9 Å². The fourth-order valence-corrected chi connectivity index (χ4v) is 4.57. The van der Waals surface area contributed by atoms with Gasteiger partial charge in [-0.25, -0.2) is 0 Å². The lowest BCUT2D eigenvalue weighted by molar-refractivity contribution is 1.63. The lowest BCUT2D eigenvalue weighted by atomic mass is 9.85. The minimum atomic E-state index is -0.590. The topological polar surface area (TPSA) is 0 Å². The van der Waals surface area contributed by atoms with E-state index in [1.807, 2.05) is 0 Å². The maximum atomic E-state index is 8.96. The minimum absolute atomic E-state index is 0.0183. The van der Waals surface area contributed by atoms with Gasteiger partial charge in [-0.05, 0) is 70.5 Å². The Hall–Kier alpha value is -3.42. The molecule has 6 aromatic rings. The zero-order valence-corrected chi connectivity index (χ0v) is 17.4. The predicted molar refractivity (Wildman–Crippen MR) is 138 cm³/mol. The average molecular weight is 472 g/mol. The molecule has 0 heterocycles. The molecule has 0 aliphatic carbocycles. The first kappa shape index (κ1) is 9.38. The van der Waals surface area contributed by atoms with Gasteiger partial charge in [-0.15, -0.1) is 0 Å². The molecule has 6 aromatic carbocycles. The molecule has 0 bridgehead atoms. The third-order valence-electron chi connectivity index (χ3n) is 5.26. The lowest BCUT2D eigenvalue weighted by Gasteiger charge is -2.19. The van der Waals surface area contributed by atoms with Gasteiger partial charge < -0.3 is 0 Å². The zero-order chi connectivity index (χ0) is 32.1. The molecule has 0 radical (unpaired) electrons. The van der Waals surface area contributed by atoms with E-state index in [9.17, 15) is 0 Å². The van der Waals surface area contributed by atoms with Crippen LogP contribution in [0.1, 0.15) is 17.8 Å². The standard InChI is InChI=1S/C30H19Br/c31-30-25-16-8-6-14-23(25)29(24-15-7-9-17-26(24)30)27-19-18-20-10-4-5-13-22(20)28(27)21-11-2-1-3-12-21/h1-19H/i1D,2D,3D,6D,7D,8D,9D,11D,12D,14D,15D,16D,17D. The molecule has 0 saturated carbocycles. The fraction of sp³-hybridized carbons (Fsp3) is 0. The van der Waals surface area contributed by atoms with Crippen LogP contribution in [0.4, 0.5) is 0 Å². The molecule has 0 nitrogen and oxygen atoms in total. The largest absolute Gasteiger partial charge is 0.0630 e. The molecule has 0 amide bonds. The third-order valence-corrected chi connectivity index (χ3v) is 6.06. The van der Waals surface area contributed by atoms with Crippen molar-refractivity contribution in [2.45, 2.75) is 0 Å². The van der Waals surface area contributed by atoms with Crippen LogP contribution in [0.25, 0.3) is 54.6 Å². The van der Waals surface area contributed by atoms with Crippen molar-refractivity contribution in [3.63, 3.8) is 0 Å². The number of hydrogen-bond donors (Lipinski definition) is 0. The maximum Gasteiger partial charge on any atom is 0.0630 e. The van der Waals surface area contributed by atoms with E-state index in [0.29, 0.717) is 10.8 Å². The van der Waals surface area contributed by atoms with Crippen LogP contribution in [0, 0.1) is 0 Å². The van der Waals surface area contributed by atoms with Crippen LogP contribution in [0.3, 0.4) is 0 Å². The SMILES string of the molecule is [2H]c1c([2H])c([2H])c(-c2c(-c3c4c([2H])c([2H])c([2H])c([2H])c4c(Br)c4c([2H])c([2H])c([2H])c([2H])c34)ccc3ccccc23)c([2H])c1[2H]. The van der Waals surface area contributed by atoms with E-state index in [0.717, 1.165) is 0 Å². The van der Waals surface area contributed by atoms with Crippen LogP contribution < -0.4 is 0 Å².